The van der Waals surface area contributed by atoms with Gasteiger partial charge in [-0.2, -0.15) is 0 Å². The van der Waals surface area contributed by atoms with Crippen molar-refractivity contribution in [1.82, 2.24) is 5.43 Å². The maximum atomic E-state index is 11.2. The Morgan fingerprint density at radius 1 is 1.16 bits per heavy atom. The smallest absolute Gasteiger partial charge is 0.265 e. The highest BCUT2D eigenvalue weighted by molar-refractivity contribution is 5.93. The molecule has 0 heterocycles. The summed E-state index contributed by atoms with van der Waals surface area (Å²) in [6.45, 7) is 3.61. The summed E-state index contributed by atoms with van der Waals surface area (Å²) < 4.78 is 5.60. The number of benzene rings is 1. The summed E-state index contributed by atoms with van der Waals surface area (Å²) in [6.07, 6.45) is 6.23. The molecule has 1 rings (SSSR count). The minimum Gasteiger partial charge on any atom is -0.377 e. The first-order chi connectivity index (χ1) is 9.27. The Morgan fingerprint density at radius 2 is 1.84 bits per heavy atom. The number of nitrogens with one attached hydrogen (secondary N) is 1. The van der Waals surface area contributed by atoms with Gasteiger partial charge in [0, 0.05) is 12.2 Å². The van der Waals surface area contributed by atoms with E-state index in [9.17, 15) is 4.79 Å². The van der Waals surface area contributed by atoms with Crippen molar-refractivity contribution in [3.63, 3.8) is 0 Å². The summed E-state index contributed by atoms with van der Waals surface area (Å²) in [4.78, 5) is 11.2. The highest BCUT2D eigenvalue weighted by Crippen LogP contribution is 2.07. The SMILES string of the molecule is CCCCCCCOCc1ccc(C(=O)NN)cc1. The Kier molecular flexibility index (Phi) is 7.86. The second-order valence-electron chi connectivity index (χ2n) is 4.64. The quantitative estimate of drug-likeness (QED) is 0.312. The van der Waals surface area contributed by atoms with Crippen LogP contribution < -0.4 is 11.3 Å². The molecule has 3 N–H and O–H groups in total. The Morgan fingerprint density at radius 3 is 2.47 bits per heavy atom. The van der Waals surface area contributed by atoms with E-state index in [-0.39, 0.29) is 5.91 Å². The molecule has 0 aromatic heterocycles. The summed E-state index contributed by atoms with van der Waals surface area (Å²) in [5, 5.41) is 0. The number of nitrogen functional groups attached to an aromatic ring is 1. The number of unbranched alkanes of at least 4 members (excludes halogenated alkanes) is 4. The fraction of sp³-hybridized carbons (Fsp3) is 0.533. The third kappa shape index (κ3) is 6.36. The third-order valence-corrected chi connectivity index (χ3v) is 3.01. The van der Waals surface area contributed by atoms with Crippen LogP contribution in [0.5, 0.6) is 0 Å². The number of carbonyl (C=O) groups excluding carboxylic acids is 1. The zero-order valence-corrected chi connectivity index (χ0v) is 11.7. The predicted octanol–water partition coefficient (Wildman–Crippen LogP) is 2.78. The van der Waals surface area contributed by atoms with E-state index in [1.165, 1.54) is 25.7 Å². The van der Waals surface area contributed by atoms with Crippen molar-refractivity contribution in [2.24, 2.45) is 5.84 Å². The normalized spacial score (nSPS) is 10.4. The molecule has 19 heavy (non-hydrogen) atoms. The van der Waals surface area contributed by atoms with Crippen LogP contribution >= 0.6 is 0 Å². The van der Waals surface area contributed by atoms with Crippen LogP contribution in [0.1, 0.15) is 54.9 Å². The maximum absolute atomic E-state index is 11.2. The predicted molar refractivity (Wildman–Crippen MR) is 76.5 cm³/mol. The van der Waals surface area contributed by atoms with Crippen LogP contribution in [0.2, 0.25) is 0 Å². The molecule has 0 aliphatic heterocycles. The Balaban J connectivity index is 2.18. The summed E-state index contributed by atoms with van der Waals surface area (Å²) in [6, 6.07) is 7.29. The van der Waals surface area contributed by atoms with Gasteiger partial charge in [0.2, 0.25) is 0 Å². The van der Waals surface area contributed by atoms with Gasteiger partial charge in [0.15, 0.2) is 0 Å². The second kappa shape index (κ2) is 9.53. The van der Waals surface area contributed by atoms with E-state index < -0.39 is 0 Å². The molecular weight excluding hydrogens is 240 g/mol. The molecule has 4 heteroatoms. The molecule has 0 aliphatic rings. The molecule has 0 saturated carbocycles. The molecule has 4 nitrogen and oxygen atoms in total. The molecule has 106 valence electrons. The van der Waals surface area contributed by atoms with Crippen molar-refractivity contribution in [3.8, 4) is 0 Å². The zero-order valence-electron chi connectivity index (χ0n) is 11.7. The molecule has 1 aromatic rings. The van der Waals surface area contributed by atoms with Gasteiger partial charge in [0.05, 0.1) is 6.61 Å². The highest BCUT2D eigenvalue weighted by atomic mass is 16.5. The van der Waals surface area contributed by atoms with Gasteiger partial charge >= 0.3 is 0 Å². The van der Waals surface area contributed by atoms with Gasteiger partial charge in [-0.3, -0.25) is 10.2 Å². The number of nitrogens with two attached hydrogens (primary N) is 1. The van der Waals surface area contributed by atoms with Crippen molar-refractivity contribution in [3.05, 3.63) is 35.4 Å². The minimum atomic E-state index is -0.275. The Hall–Kier alpha value is -1.39. The first-order valence-corrected chi connectivity index (χ1v) is 6.95. The first kappa shape index (κ1) is 15.7. The van der Waals surface area contributed by atoms with E-state index in [0.29, 0.717) is 12.2 Å². The lowest BCUT2D eigenvalue weighted by atomic mass is 10.1. The fourth-order valence-corrected chi connectivity index (χ4v) is 1.83. The number of hydrazine groups is 1. The zero-order chi connectivity index (χ0) is 13.9. The summed E-state index contributed by atoms with van der Waals surface area (Å²) in [7, 11) is 0. The first-order valence-electron chi connectivity index (χ1n) is 6.95. The van der Waals surface area contributed by atoms with E-state index in [4.69, 9.17) is 10.6 Å². The summed E-state index contributed by atoms with van der Waals surface area (Å²) in [5.41, 5.74) is 3.74. The van der Waals surface area contributed by atoms with E-state index in [1.54, 1.807) is 12.1 Å². The van der Waals surface area contributed by atoms with E-state index in [2.05, 4.69) is 12.3 Å². The fourth-order valence-electron chi connectivity index (χ4n) is 1.83. The Bertz CT molecular complexity index is 363. The van der Waals surface area contributed by atoms with Gasteiger partial charge in [-0.15, -0.1) is 0 Å². The molecule has 0 aliphatic carbocycles. The molecule has 0 unspecified atom stereocenters. The number of hydrogen-bond donors (Lipinski definition) is 2. The van der Waals surface area contributed by atoms with Crippen LogP contribution in [0.15, 0.2) is 24.3 Å². The minimum absolute atomic E-state index is 0.275. The summed E-state index contributed by atoms with van der Waals surface area (Å²) in [5.74, 6) is 4.79. The van der Waals surface area contributed by atoms with Crippen molar-refractivity contribution in [2.75, 3.05) is 6.61 Å². The molecule has 0 bridgehead atoms. The van der Waals surface area contributed by atoms with Gasteiger partial charge in [0.25, 0.3) is 5.91 Å². The van der Waals surface area contributed by atoms with Crippen LogP contribution in [0, 0.1) is 0 Å². The van der Waals surface area contributed by atoms with Crippen LogP contribution in [-0.4, -0.2) is 12.5 Å². The van der Waals surface area contributed by atoms with Gasteiger partial charge in [-0.05, 0) is 24.1 Å². The van der Waals surface area contributed by atoms with Crippen LogP contribution in [0.25, 0.3) is 0 Å². The largest absolute Gasteiger partial charge is 0.377 e. The molecule has 0 atom stereocenters. The highest BCUT2D eigenvalue weighted by Gasteiger charge is 2.02. The number of rotatable bonds is 9. The van der Waals surface area contributed by atoms with Gasteiger partial charge in [-0.1, -0.05) is 44.7 Å². The average molecular weight is 264 g/mol. The number of amides is 1. The maximum Gasteiger partial charge on any atom is 0.265 e. The van der Waals surface area contributed by atoms with Crippen molar-refractivity contribution in [2.45, 2.75) is 45.6 Å². The van der Waals surface area contributed by atoms with Crippen molar-refractivity contribution >= 4 is 5.91 Å². The molecule has 0 radical (unpaired) electrons. The van der Waals surface area contributed by atoms with Crippen LogP contribution in [0.4, 0.5) is 0 Å². The van der Waals surface area contributed by atoms with Gasteiger partial charge in [0.1, 0.15) is 0 Å². The summed E-state index contributed by atoms with van der Waals surface area (Å²) >= 11 is 0. The monoisotopic (exact) mass is 264 g/mol. The number of ether oxygens (including phenoxy) is 1. The molecule has 0 spiro atoms. The Labute approximate surface area is 115 Å². The third-order valence-electron chi connectivity index (χ3n) is 3.01. The molecule has 0 saturated heterocycles. The van der Waals surface area contributed by atoms with Crippen LogP contribution in [0.3, 0.4) is 0 Å². The lowest BCUT2D eigenvalue weighted by Crippen LogP contribution is -2.29. The number of hydrogen-bond acceptors (Lipinski definition) is 3. The standard InChI is InChI=1S/C15H24N2O2/c1-2-3-4-5-6-11-19-12-13-7-9-14(10-8-13)15(18)17-16/h7-10H,2-6,11-12,16H2,1H3,(H,17,18). The second-order valence-corrected chi connectivity index (χ2v) is 4.64. The van der Waals surface area contributed by atoms with E-state index in [0.717, 1.165) is 18.6 Å². The van der Waals surface area contributed by atoms with E-state index >= 15 is 0 Å². The molecular formula is C15H24N2O2. The molecule has 1 amide bonds. The van der Waals surface area contributed by atoms with Crippen LogP contribution in [-0.2, 0) is 11.3 Å². The average Bonchev–Trinajstić information content (AvgIpc) is 2.46. The topological polar surface area (TPSA) is 64.3 Å². The lowest BCUT2D eigenvalue weighted by molar-refractivity contribution is 0.0953. The van der Waals surface area contributed by atoms with Crippen molar-refractivity contribution in [1.29, 1.82) is 0 Å². The van der Waals surface area contributed by atoms with Crippen molar-refractivity contribution < 1.29 is 9.53 Å². The van der Waals surface area contributed by atoms with Gasteiger partial charge < -0.3 is 4.74 Å². The number of carbonyl (C=O) groups is 1. The molecule has 1 aromatic carbocycles. The van der Waals surface area contributed by atoms with E-state index in [1.807, 2.05) is 12.1 Å². The van der Waals surface area contributed by atoms with Gasteiger partial charge in [-0.25, -0.2) is 5.84 Å². The molecule has 0 fully saturated rings. The lowest BCUT2D eigenvalue weighted by Gasteiger charge is -2.05.